The summed E-state index contributed by atoms with van der Waals surface area (Å²) in [6, 6.07) is 107. The van der Waals surface area contributed by atoms with Crippen LogP contribution >= 0.6 is 0 Å². The van der Waals surface area contributed by atoms with Crippen LogP contribution < -0.4 is 0 Å². The number of aromatic nitrogens is 6. The van der Waals surface area contributed by atoms with E-state index in [2.05, 4.69) is 273 Å². The van der Waals surface area contributed by atoms with Crippen molar-refractivity contribution in [2.24, 2.45) is 0 Å². The van der Waals surface area contributed by atoms with Crippen LogP contribution in [0.1, 0.15) is 347 Å². The second-order valence-corrected chi connectivity index (χ2v) is 18.7. The highest BCUT2D eigenvalue weighted by molar-refractivity contribution is 6.25. The molecule has 0 aliphatic rings. The zero-order valence-corrected chi connectivity index (χ0v) is 93.2. The van der Waals surface area contributed by atoms with Gasteiger partial charge in [-0.1, -0.05) is 632 Å². The van der Waals surface area contributed by atoms with Crippen LogP contribution in [-0.2, 0) is 0 Å². The van der Waals surface area contributed by atoms with Crippen LogP contribution in [0.4, 0.5) is 0 Å². The van der Waals surface area contributed by atoms with E-state index >= 15 is 0 Å². The molecule has 0 atom stereocenters. The van der Waals surface area contributed by atoms with Crippen molar-refractivity contribution in [3.8, 4) is 0 Å². The smallest absolute Gasteiger partial charge is 0.119 e. The monoisotopic (exact) mass is 1810 g/mol. The molecule has 0 saturated carbocycles. The average molecular weight is 1810 g/mol. The van der Waals surface area contributed by atoms with Crippen molar-refractivity contribution in [2.75, 3.05) is 0 Å². The normalized spacial score (nSPS) is 7.42. The van der Waals surface area contributed by atoms with Crippen LogP contribution in [0.5, 0.6) is 0 Å². The molecule has 0 saturated heterocycles. The maximum atomic E-state index is 3.78. The Kier molecular flexibility index (Phi) is 181. The molecule has 0 bridgehead atoms. The molecule has 0 aliphatic heterocycles. The number of nitrogens with zero attached hydrogens (tertiary/aromatic N) is 6. The third-order valence-electron chi connectivity index (χ3n) is 13.5. The molecule has 3 aromatic heterocycles. The highest BCUT2D eigenvalue weighted by Crippen LogP contribution is 2.36. The summed E-state index contributed by atoms with van der Waals surface area (Å²) >= 11 is 0. The van der Waals surface area contributed by atoms with Crippen LogP contribution in [0.15, 0.2) is 353 Å². The molecule has 0 radical (unpaired) electrons. The fourth-order valence-corrected chi connectivity index (χ4v) is 9.77. The molecule has 744 valence electrons. The van der Waals surface area contributed by atoms with E-state index in [1.165, 1.54) is 116 Å². The molecule has 0 amide bonds. The van der Waals surface area contributed by atoms with Crippen LogP contribution in [0.25, 0.3) is 97.0 Å². The van der Waals surface area contributed by atoms with Gasteiger partial charge in [0.2, 0.25) is 0 Å². The SMILES string of the molecule is C.C.CC.CC.CC.CC.CC.CC.CC.CC.CC.CC.CC.CC.CC.CC.CC.CC.CC.CC.CC.CC.CC.CC.CC.CC.c1cc2ccc3cccc4ccc(c1)c2c34.c1ccc2c(c1)c1ccccc1c1ccccc21.c1ccc2c(c1)ccc1ccccc12.c1ccc2ccccc2c1.c1ccccc1.c1ccncc1.c1ccnnc1.c1ncncn1. The van der Waals surface area contributed by atoms with Crippen molar-refractivity contribution < 1.29 is 0 Å². The van der Waals surface area contributed by atoms with Gasteiger partial charge < -0.3 is 0 Å². The zero-order chi connectivity index (χ0) is 104. The lowest BCUT2D eigenvalue weighted by Crippen LogP contribution is -1.82. The van der Waals surface area contributed by atoms with Gasteiger partial charge in [0.25, 0.3) is 0 Å². The molecule has 0 unspecified atom stereocenters. The molecule has 17 rings (SSSR count). The average Bonchev–Trinajstić information content (AvgIpc) is 0.757. The Morgan fingerprint density at radius 1 is 0.114 bits per heavy atom. The van der Waals surface area contributed by atoms with Gasteiger partial charge in [0.1, 0.15) is 19.0 Å². The number of fused-ring (bicyclic) bond motifs is 10. The highest BCUT2D eigenvalue weighted by atomic mass is 15.1. The molecule has 0 aliphatic carbocycles. The summed E-state index contributed by atoms with van der Waals surface area (Å²) in [6.07, 6.45) is 11.1. The molecular weight excluding hydrogens is 1600 g/mol. The number of benzene rings is 14. The standard InChI is InChI=1S/C18H12.C16H10.C14H10.C10H8.C6H6.C5H5N.C4H4N2.C3H3N3.24C2H6.2CH4/c1-2-8-14-13(7-1)15-9-3-4-11-17(15)18-12-6-5-10-16(14)18;1-3-11-7-9-13-5-2-6-14-10-8-12(4-1)15(11)16(13)14;1-3-7-13-11(5-1)9-10-12-6-2-4-8-14(12)13;1-2-6-10-8-4-3-7-9(10)5-1;3*1-2-4-6-5-3-1;1-4-2-6-3-5-1;24*1-2;;/h1-12H;1-10H;1-10H;1-8H;1-6H;1-5H;1-4H;1-3H;24*1-2H3;2*1H4. The molecule has 6 heteroatoms. The van der Waals surface area contributed by atoms with Gasteiger partial charge >= 0.3 is 0 Å². The molecule has 14 aromatic carbocycles. The van der Waals surface area contributed by atoms with Crippen LogP contribution in [-0.4, -0.2) is 30.1 Å². The molecule has 132 heavy (non-hydrogen) atoms. The van der Waals surface area contributed by atoms with Gasteiger partial charge in [0.05, 0.1) is 0 Å². The number of hydrogen-bond acceptors (Lipinski definition) is 6. The van der Waals surface area contributed by atoms with Gasteiger partial charge in [-0.2, -0.15) is 10.2 Å². The van der Waals surface area contributed by atoms with Crippen LogP contribution in [0.2, 0.25) is 0 Å². The highest BCUT2D eigenvalue weighted by Gasteiger charge is 2.08. The van der Waals surface area contributed by atoms with Crippen molar-refractivity contribution in [2.45, 2.75) is 347 Å². The molecule has 0 fully saturated rings. The van der Waals surface area contributed by atoms with E-state index < -0.39 is 0 Å². The van der Waals surface area contributed by atoms with E-state index in [4.69, 9.17) is 0 Å². The molecule has 17 aromatic rings. The molecule has 0 spiro atoms. The van der Waals surface area contributed by atoms with Crippen molar-refractivity contribution >= 4 is 97.0 Å². The van der Waals surface area contributed by atoms with E-state index in [1.807, 2.05) is 399 Å². The van der Waals surface area contributed by atoms with Crippen LogP contribution in [0.3, 0.4) is 0 Å². The summed E-state index contributed by atoms with van der Waals surface area (Å²) in [7, 11) is 0. The van der Waals surface area contributed by atoms with Gasteiger partial charge in [-0.3, -0.25) is 4.98 Å². The van der Waals surface area contributed by atoms with Gasteiger partial charge in [0.15, 0.2) is 0 Å². The Labute approximate surface area is 822 Å². The Balaban J connectivity index is -0.0000000727. The third kappa shape index (κ3) is 74.6. The summed E-state index contributed by atoms with van der Waals surface area (Å²) in [5, 5.41) is 31.2. The van der Waals surface area contributed by atoms with E-state index in [-0.39, 0.29) is 14.9 Å². The first-order valence-electron chi connectivity index (χ1n) is 51.1. The maximum absolute atomic E-state index is 3.78. The van der Waals surface area contributed by atoms with E-state index in [1.54, 1.807) is 24.8 Å². The summed E-state index contributed by atoms with van der Waals surface area (Å²) in [5.74, 6) is 0. The lowest BCUT2D eigenvalue weighted by molar-refractivity contribution is 1.03. The molecule has 0 N–H and O–H groups in total. The first kappa shape index (κ1) is 161. The minimum atomic E-state index is 0. The Hall–Kier alpha value is -11.1. The van der Waals surface area contributed by atoms with Crippen molar-refractivity contribution in [1.82, 2.24) is 30.1 Å². The lowest BCUT2D eigenvalue weighted by atomic mass is 9.95. The number of hydrogen-bond donors (Lipinski definition) is 0. The van der Waals surface area contributed by atoms with Crippen molar-refractivity contribution in [1.29, 1.82) is 0 Å². The number of rotatable bonds is 0. The molecule has 6 nitrogen and oxygen atoms in total. The molecule has 3 heterocycles. The predicted octanol–water partition coefficient (Wildman–Crippen LogP) is 45.6. The molecular formula is C126H210N6. The van der Waals surface area contributed by atoms with E-state index in [0.717, 1.165) is 0 Å². The minimum absolute atomic E-state index is 0. The van der Waals surface area contributed by atoms with Gasteiger partial charge in [0, 0.05) is 24.8 Å². The largest absolute Gasteiger partial charge is 0.265 e. The minimum Gasteiger partial charge on any atom is -0.265 e. The summed E-state index contributed by atoms with van der Waals surface area (Å²) < 4.78 is 0. The van der Waals surface area contributed by atoms with Crippen molar-refractivity contribution in [3.05, 3.63) is 353 Å². The second-order valence-electron chi connectivity index (χ2n) is 18.7. The van der Waals surface area contributed by atoms with Crippen molar-refractivity contribution in [3.63, 3.8) is 0 Å². The Morgan fingerprint density at radius 2 is 0.258 bits per heavy atom. The Morgan fingerprint density at radius 3 is 0.409 bits per heavy atom. The van der Waals surface area contributed by atoms with Gasteiger partial charge in [-0.15, -0.1) is 0 Å². The quantitative estimate of drug-likeness (QED) is 0.141. The third-order valence-corrected chi connectivity index (χ3v) is 13.5. The van der Waals surface area contributed by atoms with Gasteiger partial charge in [-0.25, -0.2) is 15.0 Å². The van der Waals surface area contributed by atoms with Gasteiger partial charge in [-0.05, 0) is 121 Å². The first-order valence-corrected chi connectivity index (χ1v) is 51.1. The van der Waals surface area contributed by atoms with E-state index in [9.17, 15) is 0 Å². The summed E-state index contributed by atoms with van der Waals surface area (Å²) in [4.78, 5) is 14.5. The topological polar surface area (TPSA) is 77.3 Å². The second kappa shape index (κ2) is 148. The lowest BCUT2D eigenvalue weighted by Gasteiger charge is -2.09. The van der Waals surface area contributed by atoms with E-state index in [0.29, 0.717) is 0 Å². The van der Waals surface area contributed by atoms with Crippen LogP contribution in [0, 0.1) is 0 Å². The first-order chi connectivity index (χ1) is 64.8. The zero-order valence-electron chi connectivity index (χ0n) is 93.2. The maximum Gasteiger partial charge on any atom is 0.119 e. The fourth-order valence-electron chi connectivity index (χ4n) is 9.77. The summed E-state index contributed by atoms with van der Waals surface area (Å²) in [6.45, 7) is 96.0. The predicted molar refractivity (Wildman–Crippen MR) is 633 cm³/mol. The summed E-state index contributed by atoms with van der Waals surface area (Å²) in [5.41, 5.74) is 0. The number of pyridine rings is 1. The Bertz CT molecular complexity index is 3940. The fraction of sp³-hybridized carbons (Fsp3) is 0.397.